The number of allylic oxidation sites excluding steroid dienone is 2. The zero-order chi connectivity index (χ0) is 9.50. The Labute approximate surface area is 82.4 Å². The van der Waals surface area contributed by atoms with Gasteiger partial charge in [-0.1, -0.05) is 12.2 Å². The average Bonchev–Trinajstić information content (AvgIpc) is 2.73. The Bertz CT molecular complexity index is 320. The summed E-state index contributed by atoms with van der Waals surface area (Å²) in [7, 11) is 0. The number of hydrogen-bond acceptors (Lipinski definition) is 0. The van der Waals surface area contributed by atoms with E-state index >= 15 is 0 Å². The van der Waals surface area contributed by atoms with Crippen LogP contribution in [0.25, 0.3) is 0 Å². The highest BCUT2D eigenvalue weighted by atomic mass is 19.3. The fourth-order valence-corrected chi connectivity index (χ4v) is 4.94. The van der Waals surface area contributed by atoms with Gasteiger partial charge in [-0.25, -0.2) is 8.78 Å². The first kappa shape index (κ1) is 7.84. The monoisotopic (exact) mass is 196 g/mol. The molecule has 0 spiro atoms. The van der Waals surface area contributed by atoms with E-state index in [1.54, 1.807) is 0 Å². The lowest BCUT2D eigenvalue weighted by molar-refractivity contribution is -0.0884. The summed E-state index contributed by atoms with van der Waals surface area (Å²) in [6, 6.07) is 0. The van der Waals surface area contributed by atoms with E-state index in [0.29, 0.717) is 29.6 Å². The molecule has 14 heavy (non-hydrogen) atoms. The smallest absolute Gasteiger partial charge is 0.207 e. The molecule has 4 bridgehead atoms. The minimum absolute atomic E-state index is 0.190. The Hall–Kier alpha value is -0.400. The fraction of sp³-hybridized carbons (Fsp3) is 0.833. The van der Waals surface area contributed by atoms with Gasteiger partial charge < -0.3 is 0 Å². The van der Waals surface area contributed by atoms with Crippen molar-refractivity contribution in [3.63, 3.8) is 0 Å². The highest BCUT2D eigenvalue weighted by molar-refractivity contribution is 5.21. The molecule has 0 heterocycles. The minimum atomic E-state index is -2.33. The predicted molar refractivity (Wildman–Crippen MR) is 48.9 cm³/mol. The normalized spacial score (nSPS) is 61.0. The van der Waals surface area contributed by atoms with E-state index in [2.05, 4.69) is 12.2 Å². The number of hydrogen-bond donors (Lipinski definition) is 0. The fourth-order valence-electron chi connectivity index (χ4n) is 4.94. The molecule has 0 aliphatic heterocycles. The summed E-state index contributed by atoms with van der Waals surface area (Å²) in [5.74, 6) is -0.0995. The van der Waals surface area contributed by atoms with E-state index in [1.165, 1.54) is 6.42 Å². The third-order valence-electron chi connectivity index (χ3n) is 5.23. The maximum Gasteiger partial charge on any atom is 0.251 e. The molecular formula is C12H14F2. The number of alkyl halides is 2. The van der Waals surface area contributed by atoms with Gasteiger partial charge in [0.25, 0.3) is 5.92 Å². The summed E-state index contributed by atoms with van der Waals surface area (Å²) in [6.45, 7) is 0. The van der Waals surface area contributed by atoms with E-state index in [4.69, 9.17) is 0 Å². The van der Waals surface area contributed by atoms with Crippen molar-refractivity contribution in [1.82, 2.24) is 0 Å². The molecule has 0 amide bonds. The lowest BCUT2D eigenvalue weighted by Gasteiger charge is -2.36. The summed E-state index contributed by atoms with van der Waals surface area (Å²) in [4.78, 5) is 0. The Morgan fingerprint density at radius 3 is 2.50 bits per heavy atom. The quantitative estimate of drug-likeness (QED) is 0.412. The second kappa shape index (κ2) is 2.07. The second-order valence-corrected chi connectivity index (χ2v) is 5.67. The Balaban J connectivity index is 1.79. The third-order valence-corrected chi connectivity index (χ3v) is 5.23. The van der Waals surface area contributed by atoms with Gasteiger partial charge in [-0.3, -0.25) is 0 Å². The van der Waals surface area contributed by atoms with Crippen LogP contribution in [0.1, 0.15) is 19.3 Å². The topological polar surface area (TPSA) is 0 Å². The van der Waals surface area contributed by atoms with Crippen molar-refractivity contribution in [2.24, 2.45) is 35.5 Å². The standard InChI is InChI=1S/C12H14F2/c13-12(14)5-8-4-9(12)11-7-2-1-6(3-7)10(8)11/h1-2,6-11H,3-5H2. The van der Waals surface area contributed by atoms with Crippen molar-refractivity contribution in [3.8, 4) is 0 Å². The van der Waals surface area contributed by atoms with Crippen LogP contribution in [0.3, 0.4) is 0 Å². The van der Waals surface area contributed by atoms with E-state index in [-0.39, 0.29) is 12.3 Å². The summed E-state index contributed by atoms with van der Waals surface area (Å²) in [5, 5.41) is 0. The van der Waals surface area contributed by atoms with Gasteiger partial charge in [0.1, 0.15) is 0 Å². The van der Waals surface area contributed by atoms with Crippen LogP contribution in [0.5, 0.6) is 0 Å². The minimum Gasteiger partial charge on any atom is -0.207 e. The first-order chi connectivity index (χ1) is 6.67. The van der Waals surface area contributed by atoms with Crippen molar-refractivity contribution >= 4 is 0 Å². The zero-order valence-corrected chi connectivity index (χ0v) is 8.00. The van der Waals surface area contributed by atoms with Crippen LogP contribution < -0.4 is 0 Å². The van der Waals surface area contributed by atoms with E-state index in [1.807, 2.05) is 0 Å². The van der Waals surface area contributed by atoms with Crippen LogP contribution in [0.2, 0.25) is 0 Å². The van der Waals surface area contributed by atoms with Gasteiger partial charge in [-0.2, -0.15) is 0 Å². The van der Waals surface area contributed by atoms with Gasteiger partial charge >= 0.3 is 0 Å². The molecule has 76 valence electrons. The molecule has 0 saturated heterocycles. The first-order valence-electron chi connectivity index (χ1n) is 5.73. The molecule has 0 nitrogen and oxygen atoms in total. The zero-order valence-electron chi connectivity index (χ0n) is 8.00. The van der Waals surface area contributed by atoms with Crippen LogP contribution in [0.4, 0.5) is 8.78 Å². The molecule has 0 N–H and O–H groups in total. The van der Waals surface area contributed by atoms with E-state index in [0.717, 1.165) is 6.42 Å². The van der Waals surface area contributed by atoms with Gasteiger partial charge in [0, 0.05) is 12.3 Å². The van der Waals surface area contributed by atoms with Crippen molar-refractivity contribution in [3.05, 3.63) is 12.2 Å². The largest absolute Gasteiger partial charge is 0.251 e. The third kappa shape index (κ3) is 0.686. The van der Waals surface area contributed by atoms with Crippen molar-refractivity contribution < 1.29 is 8.78 Å². The van der Waals surface area contributed by atoms with E-state index < -0.39 is 5.92 Å². The summed E-state index contributed by atoms with van der Waals surface area (Å²) in [5.41, 5.74) is 0. The van der Waals surface area contributed by atoms with Crippen LogP contribution in [-0.4, -0.2) is 5.92 Å². The molecule has 2 heteroatoms. The molecule has 4 aliphatic rings. The molecule has 3 fully saturated rings. The van der Waals surface area contributed by atoms with E-state index in [9.17, 15) is 8.78 Å². The molecule has 0 aromatic rings. The summed E-state index contributed by atoms with van der Waals surface area (Å²) >= 11 is 0. The Morgan fingerprint density at radius 1 is 1.00 bits per heavy atom. The average molecular weight is 196 g/mol. The summed E-state index contributed by atoms with van der Waals surface area (Å²) < 4.78 is 27.2. The van der Waals surface area contributed by atoms with Crippen molar-refractivity contribution in [1.29, 1.82) is 0 Å². The molecular weight excluding hydrogens is 182 g/mol. The van der Waals surface area contributed by atoms with Gasteiger partial charge in [0.05, 0.1) is 0 Å². The van der Waals surface area contributed by atoms with Crippen molar-refractivity contribution in [2.45, 2.75) is 25.2 Å². The lowest BCUT2D eigenvalue weighted by Crippen LogP contribution is -2.37. The highest BCUT2D eigenvalue weighted by Crippen LogP contribution is 2.69. The number of fused-ring (bicyclic) bond motifs is 9. The molecule has 0 aromatic heterocycles. The number of halogens is 2. The van der Waals surface area contributed by atoms with Gasteiger partial charge in [0.15, 0.2) is 0 Å². The lowest BCUT2D eigenvalue weighted by atomic mass is 9.72. The van der Waals surface area contributed by atoms with Crippen LogP contribution in [0.15, 0.2) is 12.2 Å². The predicted octanol–water partition coefficient (Wildman–Crippen LogP) is 3.10. The Morgan fingerprint density at radius 2 is 1.71 bits per heavy atom. The van der Waals surface area contributed by atoms with Gasteiger partial charge in [-0.05, 0) is 42.4 Å². The van der Waals surface area contributed by atoms with Crippen LogP contribution in [0, 0.1) is 35.5 Å². The SMILES string of the molecule is FC1(F)CC2CC1C1C3C=CC(C3)C21. The Kier molecular flexibility index (Phi) is 1.16. The van der Waals surface area contributed by atoms with Gasteiger partial charge in [-0.15, -0.1) is 0 Å². The van der Waals surface area contributed by atoms with Crippen LogP contribution >= 0.6 is 0 Å². The second-order valence-electron chi connectivity index (χ2n) is 5.67. The molecule has 6 atom stereocenters. The van der Waals surface area contributed by atoms with Crippen LogP contribution in [-0.2, 0) is 0 Å². The summed E-state index contributed by atoms with van der Waals surface area (Å²) in [6.07, 6.45) is 6.69. The maximum absolute atomic E-state index is 13.6. The molecule has 4 rings (SSSR count). The maximum atomic E-state index is 13.6. The molecule has 0 radical (unpaired) electrons. The molecule has 0 aromatic carbocycles. The van der Waals surface area contributed by atoms with Crippen molar-refractivity contribution in [2.75, 3.05) is 0 Å². The molecule has 4 aliphatic carbocycles. The van der Waals surface area contributed by atoms with Gasteiger partial charge in [0.2, 0.25) is 0 Å². The number of rotatable bonds is 0. The highest BCUT2D eigenvalue weighted by Gasteiger charge is 2.67. The first-order valence-corrected chi connectivity index (χ1v) is 5.73. The molecule has 3 saturated carbocycles. The molecule has 6 unspecified atom stereocenters.